The van der Waals surface area contributed by atoms with Gasteiger partial charge in [0, 0.05) is 23.3 Å². The Morgan fingerprint density at radius 3 is 2.55 bits per heavy atom. The second kappa shape index (κ2) is 9.49. The van der Waals surface area contributed by atoms with Gasteiger partial charge in [0.2, 0.25) is 0 Å². The average Bonchev–Trinajstić information content (AvgIpc) is 2.77. The number of phenols is 1. The maximum Gasteiger partial charge on any atom is 0.271 e. The minimum Gasteiger partial charge on any atom is -0.507 e. The number of benzene rings is 3. The number of anilines is 1. The molecular weight excluding hydrogens is 448 g/mol. The first-order valence-corrected chi connectivity index (χ1v) is 11.1. The second-order valence-corrected chi connectivity index (χ2v) is 8.83. The Morgan fingerprint density at radius 2 is 1.85 bits per heavy atom. The van der Waals surface area contributed by atoms with Crippen molar-refractivity contribution in [2.75, 3.05) is 4.72 Å². The lowest BCUT2D eigenvalue weighted by atomic mass is 10.1. The summed E-state index contributed by atoms with van der Waals surface area (Å²) < 4.78 is 28.1. The van der Waals surface area contributed by atoms with Gasteiger partial charge in [-0.1, -0.05) is 23.8 Å². The van der Waals surface area contributed by atoms with Crippen molar-refractivity contribution < 1.29 is 23.2 Å². The summed E-state index contributed by atoms with van der Waals surface area (Å²) in [5.41, 5.74) is 4.18. The van der Waals surface area contributed by atoms with Crippen LogP contribution in [0.15, 0.2) is 70.7 Å². The number of carbonyl (C=O) groups is 1. The lowest BCUT2D eigenvalue weighted by molar-refractivity contribution is -0.384. The molecule has 0 saturated heterocycles. The third-order valence-corrected chi connectivity index (χ3v) is 5.99. The maximum atomic E-state index is 12.8. The van der Waals surface area contributed by atoms with Crippen LogP contribution in [0.25, 0.3) is 0 Å². The number of rotatable bonds is 7. The highest BCUT2D eigenvalue weighted by Gasteiger charge is 2.17. The fraction of sp³-hybridized carbons (Fsp3) is 0.0909. The Bertz CT molecular complexity index is 1370. The molecule has 11 heteroatoms. The Balaban J connectivity index is 1.76. The van der Waals surface area contributed by atoms with Crippen LogP contribution in [0.5, 0.6) is 5.75 Å². The normalized spacial score (nSPS) is 11.3. The molecule has 0 unspecified atom stereocenters. The van der Waals surface area contributed by atoms with Gasteiger partial charge in [-0.2, -0.15) is 5.10 Å². The van der Waals surface area contributed by atoms with Gasteiger partial charge in [0.1, 0.15) is 5.75 Å². The molecule has 10 nitrogen and oxygen atoms in total. The van der Waals surface area contributed by atoms with Gasteiger partial charge in [-0.3, -0.25) is 19.6 Å². The Labute approximate surface area is 189 Å². The van der Waals surface area contributed by atoms with Crippen molar-refractivity contribution in [3.05, 3.63) is 93.0 Å². The quantitative estimate of drug-likeness (QED) is 0.274. The third kappa shape index (κ3) is 5.71. The van der Waals surface area contributed by atoms with Gasteiger partial charge in [0.15, 0.2) is 0 Å². The molecule has 0 radical (unpaired) electrons. The van der Waals surface area contributed by atoms with E-state index in [1.54, 1.807) is 19.1 Å². The second-order valence-electron chi connectivity index (χ2n) is 7.15. The number of aryl methyl sites for hydroxylation is 2. The van der Waals surface area contributed by atoms with Crippen LogP contribution in [0.4, 0.5) is 11.4 Å². The molecule has 0 aliphatic heterocycles. The standard InChI is InChI=1S/C22H20N4O6S/c1-14-6-8-20(15(2)10-14)25-33(31,32)19-5-3-4-16(12-19)22(28)24-23-13-17-11-18(26(29)30)7-9-21(17)27/h3-13,25,27H,1-2H3,(H,24,28)/b23-13+. The van der Waals surface area contributed by atoms with Crippen LogP contribution < -0.4 is 10.1 Å². The van der Waals surface area contributed by atoms with E-state index >= 15 is 0 Å². The van der Waals surface area contributed by atoms with Crippen LogP contribution in [0, 0.1) is 24.0 Å². The lowest BCUT2D eigenvalue weighted by Gasteiger charge is -2.12. The number of hydrogen-bond donors (Lipinski definition) is 3. The number of nitro groups is 1. The van der Waals surface area contributed by atoms with Crippen LogP contribution in [-0.2, 0) is 10.0 Å². The summed E-state index contributed by atoms with van der Waals surface area (Å²) in [6, 6.07) is 14.0. The first-order valence-electron chi connectivity index (χ1n) is 9.58. The van der Waals surface area contributed by atoms with Crippen LogP contribution in [0.2, 0.25) is 0 Å². The highest BCUT2D eigenvalue weighted by molar-refractivity contribution is 7.92. The smallest absolute Gasteiger partial charge is 0.271 e. The van der Waals surface area contributed by atoms with Crippen LogP contribution in [-0.4, -0.2) is 30.6 Å². The molecule has 0 aliphatic rings. The minimum absolute atomic E-state index is 0.0264. The molecule has 3 rings (SSSR count). The molecule has 0 fully saturated rings. The van der Waals surface area contributed by atoms with Gasteiger partial charge < -0.3 is 5.11 Å². The number of sulfonamides is 1. The van der Waals surface area contributed by atoms with E-state index in [4.69, 9.17) is 0 Å². The van der Waals surface area contributed by atoms with E-state index in [9.17, 15) is 28.4 Å². The van der Waals surface area contributed by atoms with Gasteiger partial charge in [0.25, 0.3) is 21.6 Å². The molecule has 3 N–H and O–H groups in total. The van der Waals surface area contributed by atoms with E-state index in [2.05, 4.69) is 15.2 Å². The minimum atomic E-state index is -3.95. The zero-order chi connectivity index (χ0) is 24.2. The molecule has 3 aromatic rings. The van der Waals surface area contributed by atoms with Crippen molar-refractivity contribution in [3.8, 4) is 5.75 Å². The molecule has 0 spiro atoms. The predicted molar refractivity (Wildman–Crippen MR) is 123 cm³/mol. The number of hydrazone groups is 1. The zero-order valence-corrected chi connectivity index (χ0v) is 18.5. The fourth-order valence-electron chi connectivity index (χ4n) is 2.92. The molecule has 0 bridgehead atoms. The summed E-state index contributed by atoms with van der Waals surface area (Å²) in [6.07, 6.45) is 1.04. The Kier molecular flexibility index (Phi) is 6.73. The molecule has 0 saturated carbocycles. The Hall–Kier alpha value is -4.25. The molecule has 1 amide bonds. The number of nitro benzene ring substituents is 1. The third-order valence-electron chi connectivity index (χ3n) is 4.62. The van der Waals surface area contributed by atoms with Crippen molar-refractivity contribution in [1.82, 2.24) is 5.43 Å². The predicted octanol–water partition coefficient (Wildman–Crippen LogP) is 3.48. The topological polar surface area (TPSA) is 151 Å². The number of phenolic OH excluding ortho intramolecular Hbond substituents is 1. The molecule has 33 heavy (non-hydrogen) atoms. The largest absolute Gasteiger partial charge is 0.507 e. The van der Waals surface area contributed by atoms with Crippen LogP contribution in [0.3, 0.4) is 0 Å². The molecule has 0 atom stereocenters. The molecule has 0 aliphatic carbocycles. The van der Waals surface area contributed by atoms with Gasteiger partial charge in [-0.15, -0.1) is 0 Å². The highest BCUT2D eigenvalue weighted by Crippen LogP contribution is 2.22. The summed E-state index contributed by atoms with van der Waals surface area (Å²) >= 11 is 0. The number of amides is 1. The van der Waals surface area contributed by atoms with Gasteiger partial charge in [-0.25, -0.2) is 13.8 Å². The first-order chi connectivity index (χ1) is 15.6. The molecular formula is C22H20N4O6S. The van der Waals surface area contributed by atoms with E-state index in [0.29, 0.717) is 5.69 Å². The number of carbonyl (C=O) groups excluding carboxylic acids is 1. The van der Waals surface area contributed by atoms with Crippen molar-refractivity contribution >= 4 is 33.5 Å². The van der Waals surface area contributed by atoms with Crippen LogP contribution >= 0.6 is 0 Å². The molecule has 170 valence electrons. The SMILES string of the molecule is Cc1ccc(NS(=O)(=O)c2cccc(C(=O)N/N=C/c3cc([N+](=O)[O-])ccc3O)c2)c(C)c1. The Morgan fingerprint density at radius 1 is 1.09 bits per heavy atom. The van der Waals surface area contributed by atoms with E-state index < -0.39 is 20.9 Å². The van der Waals surface area contributed by atoms with Crippen molar-refractivity contribution in [2.45, 2.75) is 18.7 Å². The highest BCUT2D eigenvalue weighted by atomic mass is 32.2. The number of nitrogens with zero attached hydrogens (tertiary/aromatic N) is 2. The van der Waals surface area contributed by atoms with Gasteiger partial charge in [0.05, 0.1) is 21.7 Å². The summed E-state index contributed by atoms with van der Waals surface area (Å²) in [5, 5.41) is 24.3. The van der Waals surface area contributed by atoms with Gasteiger partial charge in [-0.05, 0) is 49.7 Å². The molecule has 0 aromatic heterocycles. The number of nitrogens with one attached hydrogen (secondary N) is 2. The number of aromatic hydroxyl groups is 1. The number of hydrogen-bond acceptors (Lipinski definition) is 7. The summed E-state index contributed by atoms with van der Waals surface area (Å²) in [5.74, 6) is -0.969. The molecule has 3 aromatic carbocycles. The maximum absolute atomic E-state index is 12.8. The summed E-state index contributed by atoms with van der Waals surface area (Å²) in [4.78, 5) is 22.5. The van der Waals surface area contributed by atoms with E-state index in [0.717, 1.165) is 35.5 Å². The van der Waals surface area contributed by atoms with Crippen molar-refractivity contribution in [2.24, 2.45) is 5.10 Å². The summed E-state index contributed by atoms with van der Waals surface area (Å²) in [7, 11) is -3.95. The van der Waals surface area contributed by atoms with Crippen molar-refractivity contribution in [1.29, 1.82) is 0 Å². The van der Waals surface area contributed by atoms with Gasteiger partial charge >= 0.3 is 0 Å². The van der Waals surface area contributed by atoms with E-state index in [1.165, 1.54) is 24.3 Å². The number of non-ortho nitro benzene ring substituents is 1. The first kappa shape index (κ1) is 23.4. The molecule has 0 heterocycles. The summed E-state index contributed by atoms with van der Waals surface area (Å²) in [6.45, 7) is 3.68. The fourth-order valence-corrected chi connectivity index (χ4v) is 4.10. The van der Waals surface area contributed by atoms with Crippen molar-refractivity contribution in [3.63, 3.8) is 0 Å². The monoisotopic (exact) mass is 468 g/mol. The zero-order valence-electron chi connectivity index (χ0n) is 17.6. The van der Waals surface area contributed by atoms with Crippen LogP contribution in [0.1, 0.15) is 27.0 Å². The lowest BCUT2D eigenvalue weighted by Crippen LogP contribution is -2.19. The average molecular weight is 468 g/mol. The van der Waals surface area contributed by atoms with E-state index in [1.807, 2.05) is 13.0 Å². The van der Waals surface area contributed by atoms with E-state index in [-0.39, 0.29) is 27.5 Å².